The predicted molar refractivity (Wildman–Crippen MR) is 130 cm³/mol. The summed E-state index contributed by atoms with van der Waals surface area (Å²) in [5, 5.41) is 3.44. The summed E-state index contributed by atoms with van der Waals surface area (Å²) in [4.78, 5) is 15.9. The van der Waals surface area contributed by atoms with E-state index in [9.17, 15) is 4.79 Å². The summed E-state index contributed by atoms with van der Waals surface area (Å²) < 4.78 is 0. The highest BCUT2D eigenvalue weighted by molar-refractivity contribution is 5.93. The molecule has 0 radical (unpaired) electrons. The van der Waals surface area contributed by atoms with Crippen LogP contribution in [0, 0.1) is 0 Å². The molecule has 1 amide bonds. The van der Waals surface area contributed by atoms with Gasteiger partial charge in [0.05, 0.1) is 0 Å². The fraction of sp³-hybridized carbons (Fsp3) is 0.435. The van der Waals surface area contributed by atoms with Crippen molar-refractivity contribution in [3.8, 4) is 0 Å². The Morgan fingerprint density at radius 2 is 1.16 bits per heavy atom. The first kappa shape index (κ1) is 22.3. The number of primary amides is 1. The van der Waals surface area contributed by atoms with Crippen molar-refractivity contribution in [1.82, 2.24) is 0 Å². The van der Waals surface area contributed by atoms with Gasteiger partial charge in [-0.3, -0.25) is 4.79 Å². The Bertz CT molecular complexity index is 885. The van der Waals surface area contributed by atoms with Crippen LogP contribution in [0.1, 0.15) is 23.2 Å². The van der Waals surface area contributed by atoms with Gasteiger partial charge in [0.15, 0.2) is 0 Å². The van der Waals surface area contributed by atoms with Crippen LogP contribution >= 0.6 is 0 Å². The number of hydrogen-bond donors (Lipinski definition) is 6. The minimum Gasteiger partial charge on any atom is -0.368 e. The van der Waals surface area contributed by atoms with Gasteiger partial charge in [-0.2, -0.15) is 0 Å². The molecular weight excluding hydrogens is 404 g/mol. The highest BCUT2D eigenvalue weighted by Gasteiger charge is 2.26. The molecule has 9 nitrogen and oxygen atoms in total. The lowest BCUT2D eigenvalue weighted by atomic mass is 10.00. The molecule has 0 spiro atoms. The third kappa shape index (κ3) is 5.31. The zero-order valence-electron chi connectivity index (χ0n) is 18.3. The molecule has 4 atom stereocenters. The first-order valence-corrected chi connectivity index (χ1v) is 11.1. The molecule has 11 N–H and O–H groups in total. The standard InChI is InChI=1S/C23H34N8O/c24-15-5-16(25)11-30(10-15)21-7-20(29-19-3-1-14(2-4-19)23(28)32)8-22(9-21)31-12-17(26)6-18(27)13-31/h1-4,7-9,15-18,29H,5-6,10-13,24-27H2,(H2,28,32)/t15-,16+,17-,18+. The molecule has 9 heteroatoms. The molecule has 0 saturated carbocycles. The highest BCUT2D eigenvalue weighted by atomic mass is 16.1. The summed E-state index contributed by atoms with van der Waals surface area (Å²) in [6.45, 7) is 3.01. The van der Waals surface area contributed by atoms with Gasteiger partial charge in [0.25, 0.3) is 0 Å². The molecule has 2 fully saturated rings. The van der Waals surface area contributed by atoms with E-state index in [1.54, 1.807) is 12.1 Å². The van der Waals surface area contributed by atoms with E-state index in [4.69, 9.17) is 28.7 Å². The SMILES string of the molecule is NC(=O)c1ccc(Nc2cc(N3C[C@H](N)C[C@H](N)C3)cc(N3C[C@H](N)C[C@H](N)C3)c2)cc1. The molecule has 2 aliphatic rings. The Morgan fingerprint density at radius 3 is 1.56 bits per heavy atom. The average Bonchev–Trinajstić information content (AvgIpc) is 2.72. The molecule has 0 aromatic heterocycles. The molecule has 172 valence electrons. The van der Waals surface area contributed by atoms with Gasteiger partial charge in [0.1, 0.15) is 0 Å². The maximum absolute atomic E-state index is 11.4. The number of benzene rings is 2. The first-order valence-electron chi connectivity index (χ1n) is 11.1. The number of amides is 1. The van der Waals surface area contributed by atoms with E-state index in [1.807, 2.05) is 12.1 Å². The van der Waals surface area contributed by atoms with Crippen LogP contribution in [0.5, 0.6) is 0 Å². The molecule has 2 aliphatic heterocycles. The summed E-state index contributed by atoms with van der Waals surface area (Å²) in [5.74, 6) is -0.448. The number of nitrogens with two attached hydrogens (primary N) is 5. The number of nitrogens with zero attached hydrogens (tertiary/aromatic N) is 2. The van der Waals surface area contributed by atoms with Crippen LogP contribution in [0.3, 0.4) is 0 Å². The Balaban J connectivity index is 1.65. The second-order valence-corrected chi connectivity index (χ2v) is 9.13. The Hall–Kier alpha value is -2.85. The van der Waals surface area contributed by atoms with Gasteiger partial charge in [-0.05, 0) is 55.3 Å². The minimum atomic E-state index is -0.448. The van der Waals surface area contributed by atoms with E-state index in [-0.39, 0.29) is 24.2 Å². The molecule has 2 aromatic carbocycles. The third-order valence-corrected chi connectivity index (χ3v) is 6.12. The topological polar surface area (TPSA) is 166 Å². The quantitative estimate of drug-likeness (QED) is 0.387. The molecule has 0 bridgehead atoms. The van der Waals surface area contributed by atoms with Crippen LogP contribution < -0.4 is 43.8 Å². The molecular formula is C23H34N8O. The number of anilines is 4. The smallest absolute Gasteiger partial charge is 0.248 e. The van der Waals surface area contributed by atoms with Gasteiger partial charge in [-0.25, -0.2) is 0 Å². The number of nitrogens with one attached hydrogen (secondary N) is 1. The fourth-order valence-corrected chi connectivity index (χ4v) is 4.70. The van der Waals surface area contributed by atoms with Crippen LogP contribution in [0.2, 0.25) is 0 Å². The molecule has 2 aromatic rings. The van der Waals surface area contributed by atoms with Gasteiger partial charge < -0.3 is 43.8 Å². The van der Waals surface area contributed by atoms with Crippen LogP contribution in [-0.2, 0) is 0 Å². The second kappa shape index (κ2) is 9.33. The number of piperidine rings is 2. The number of rotatable bonds is 5. The van der Waals surface area contributed by atoms with Crippen molar-refractivity contribution in [2.24, 2.45) is 28.7 Å². The Morgan fingerprint density at radius 1 is 0.719 bits per heavy atom. The van der Waals surface area contributed by atoms with Crippen LogP contribution in [0.4, 0.5) is 22.7 Å². The third-order valence-electron chi connectivity index (χ3n) is 6.12. The van der Waals surface area contributed by atoms with Crippen molar-refractivity contribution < 1.29 is 4.79 Å². The van der Waals surface area contributed by atoms with E-state index >= 15 is 0 Å². The zero-order chi connectivity index (χ0) is 22.8. The lowest BCUT2D eigenvalue weighted by molar-refractivity contribution is 0.100. The summed E-state index contributed by atoms with van der Waals surface area (Å²) in [6.07, 6.45) is 1.65. The zero-order valence-corrected chi connectivity index (χ0v) is 18.3. The second-order valence-electron chi connectivity index (χ2n) is 9.13. The van der Waals surface area contributed by atoms with Crippen molar-refractivity contribution in [2.45, 2.75) is 37.0 Å². The van der Waals surface area contributed by atoms with Crippen LogP contribution in [0.15, 0.2) is 42.5 Å². The van der Waals surface area contributed by atoms with Crippen molar-refractivity contribution in [2.75, 3.05) is 41.3 Å². The molecule has 2 heterocycles. The molecule has 0 unspecified atom stereocenters. The molecule has 32 heavy (non-hydrogen) atoms. The van der Waals surface area contributed by atoms with Crippen molar-refractivity contribution >= 4 is 28.7 Å². The van der Waals surface area contributed by atoms with E-state index < -0.39 is 5.91 Å². The molecule has 0 aliphatic carbocycles. The minimum absolute atomic E-state index is 0.0389. The maximum atomic E-state index is 11.4. The van der Waals surface area contributed by atoms with Crippen LogP contribution in [0.25, 0.3) is 0 Å². The summed E-state index contributed by atoms with van der Waals surface area (Å²) in [7, 11) is 0. The average molecular weight is 439 g/mol. The maximum Gasteiger partial charge on any atom is 0.248 e. The Kier molecular flexibility index (Phi) is 6.52. The lowest BCUT2D eigenvalue weighted by Gasteiger charge is -2.39. The first-order chi connectivity index (χ1) is 15.3. The number of carbonyl (C=O) groups excluding carboxylic acids is 1. The largest absolute Gasteiger partial charge is 0.368 e. The summed E-state index contributed by atoms with van der Waals surface area (Å²) in [6, 6.07) is 13.6. The number of carbonyl (C=O) groups is 1. The predicted octanol–water partition coefficient (Wildman–Crippen LogP) is 0.259. The summed E-state index contributed by atoms with van der Waals surface area (Å²) >= 11 is 0. The van der Waals surface area contributed by atoms with Gasteiger partial charge in [0.2, 0.25) is 5.91 Å². The van der Waals surface area contributed by atoms with E-state index in [0.29, 0.717) is 5.56 Å². The monoisotopic (exact) mass is 438 g/mol. The molecule has 2 saturated heterocycles. The highest BCUT2D eigenvalue weighted by Crippen LogP contribution is 2.32. The van der Waals surface area contributed by atoms with Gasteiger partial charge >= 0.3 is 0 Å². The van der Waals surface area contributed by atoms with E-state index in [0.717, 1.165) is 61.8 Å². The lowest BCUT2D eigenvalue weighted by Crippen LogP contribution is -2.53. The van der Waals surface area contributed by atoms with E-state index in [2.05, 4.69) is 33.3 Å². The Labute approximate surface area is 188 Å². The van der Waals surface area contributed by atoms with Crippen molar-refractivity contribution in [3.63, 3.8) is 0 Å². The van der Waals surface area contributed by atoms with Gasteiger partial charge in [-0.15, -0.1) is 0 Å². The van der Waals surface area contributed by atoms with E-state index in [1.165, 1.54) is 0 Å². The van der Waals surface area contributed by atoms with Crippen molar-refractivity contribution in [3.05, 3.63) is 48.0 Å². The van der Waals surface area contributed by atoms with Crippen LogP contribution in [-0.4, -0.2) is 56.3 Å². The van der Waals surface area contributed by atoms with Gasteiger partial charge in [0, 0.05) is 78.7 Å². The van der Waals surface area contributed by atoms with Crippen molar-refractivity contribution in [1.29, 1.82) is 0 Å². The fourth-order valence-electron chi connectivity index (χ4n) is 4.70. The van der Waals surface area contributed by atoms with Gasteiger partial charge in [-0.1, -0.05) is 0 Å². The summed E-state index contributed by atoms with van der Waals surface area (Å²) in [5.41, 5.74) is 34.7. The normalized spacial score (nSPS) is 26.1. The number of hydrogen-bond acceptors (Lipinski definition) is 8. The molecule has 4 rings (SSSR count).